The van der Waals surface area contributed by atoms with E-state index in [-0.39, 0.29) is 23.0 Å². The van der Waals surface area contributed by atoms with Crippen LogP contribution in [0.3, 0.4) is 0 Å². The number of sulfonamides is 1. The molecule has 0 spiro atoms. The van der Waals surface area contributed by atoms with Gasteiger partial charge < -0.3 is 10.2 Å². The lowest BCUT2D eigenvalue weighted by molar-refractivity contribution is -0.132. The summed E-state index contributed by atoms with van der Waals surface area (Å²) < 4.78 is 53.9. The smallest absolute Gasteiger partial charge is 0.302 e. The molecule has 0 bridgehead atoms. The molecule has 2 unspecified atom stereocenters. The van der Waals surface area contributed by atoms with Gasteiger partial charge in [-0.05, 0) is 42.4 Å². The van der Waals surface area contributed by atoms with Crippen LogP contribution in [0.25, 0.3) is 10.9 Å². The van der Waals surface area contributed by atoms with E-state index < -0.39 is 57.4 Å². The molecule has 40 heavy (non-hydrogen) atoms. The molecular formula is C26H23F2N5O5S2. The summed E-state index contributed by atoms with van der Waals surface area (Å²) in [4.78, 5) is 45.1. The molecule has 0 aliphatic carbocycles. The van der Waals surface area contributed by atoms with E-state index in [1.165, 1.54) is 36.5 Å². The van der Waals surface area contributed by atoms with Gasteiger partial charge >= 0.3 is 5.24 Å². The standard InChI is InChI=1S/C26H23F2N5O5S2/c1-16-7-6-10-19-20(11-12-30-21(16)19)22(34)31-23(24(35)32-15-26(27,28)13-18(32)14-29)39-25(36)33(40(2,37)38)17-8-4-3-5-9-17/h3-12,18,23H,13,15H2,1-2H3,(H,31,34). The lowest BCUT2D eigenvalue weighted by Crippen LogP contribution is -2.50. The Hall–Kier alpha value is -4.09. The number of aromatic nitrogens is 1. The number of rotatable bonds is 6. The highest BCUT2D eigenvalue weighted by Gasteiger charge is 2.49. The van der Waals surface area contributed by atoms with E-state index in [1.807, 2.05) is 0 Å². The van der Waals surface area contributed by atoms with Crippen LogP contribution in [0.1, 0.15) is 22.3 Å². The number of para-hydroxylation sites is 2. The van der Waals surface area contributed by atoms with Crippen LogP contribution in [0, 0.1) is 18.3 Å². The summed E-state index contributed by atoms with van der Waals surface area (Å²) in [5.41, 5.74) is 1.34. The maximum atomic E-state index is 14.2. The van der Waals surface area contributed by atoms with Crippen molar-refractivity contribution in [3.05, 3.63) is 71.9 Å². The van der Waals surface area contributed by atoms with Crippen molar-refractivity contribution in [3.63, 3.8) is 0 Å². The summed E-state index contributed by atoms with van der Waals surface area (Å²) in [6, 6.07) is 13.9. The van der Waals surface area contributed by atoms with Gasteiger partial charge in [0.25, 0.3) is 17.7 Å². The number of carbonyl (C=O) groups excluding carboxylic acids is 3. The SMILES string of the molecule is Cc1cccc2c(C(=O)NC(SC(=O)N(c3ccccc3)S(C)(=O)=O)C(=O)N3CC(F)(F)CC3C#N)ccnc12. The van der Waals surface area contributed by atoms with E-state index in [4.69, 9.17) is 0 Å². The van der Waals surface area contributed by atoms with Gasteiger partial charge in [0, 0.05) is 18.0 Å². The highest BCUT2D eigenvalue weighted by molar-refractivity contribution is 8.16. The maximum Gasteiger partial charge on any atom is 0.302 e. The fourth-order valence-corrected chi connectivity index (χ4v) is 6.43. The third-order valence-corrected chi connectivity index (χ3v) is 8.21. The molecule has 3 amide bonds. The summed E-state index contributed by atoms with van der Waals surface area (Å²) in [7, 11) is -4.21. The van der Waals surface area contributed by atoms with Crippen LogP contribution in [-0.4, -0.2) is 65.5 Å². The van der Waals surface area contributed by atoms with Gasteiger partial charge in [0.2, 0.25) is 10.0 Å². The minimum Gasteiger partial charge on any atom is -0.331 e. The zero-order chi connectivity index (χ0) is 29.2. The Kier molecular flexibility index (Phi) is 8.08. The van der Waals surface area contributed by atoms with E-state index in [0.29, 0.717) is 20.1 Å². The lowest BCUT2D eigenvalue weighted by atomic mass is 10.1. The molecule has 1 aliphatic rings. The average molecular weight is 588 g/mol. The first-order valence-corrected chi connectivity index (χ1v) is 14.5. The first-order valence-electron chi connectivity index (χ1n) is 11.8. The van der Waals surface area contributed by atoms with E-state index in [0.717, 1.165) is 11.8 Å². The Morgan fingerprint density at radius 3 is 2.52 bits per heavy atom. The average Bonchev–Trinajstić information content (AvgIpc) is 3.22. The first kappa shape index (κ1) is 28.9. The van der Waals surface area contributed by atoms with Crippen molar-refractivity contribution >= 4 is 55.4 Å². The molecule has 4 rings (SSSR count). The van der Waals surface area contributed by atoms with Crippen LogP contribution in [0.5, 0.6) is 0 Å². The van der Waals surface area contributed by atoms with Crippen LogP contribution in [-0.2, 0) is 14.8 Å². The first-order chi connectivity index (χ1) is 18.8. The largest absolute Gasteiger partial charge is 0.331 e. The molecule has 3 aromatic rings. The van der Waals surface area contributed by atoms with Crippen molar-refractivity contribution in [2.75, 3.05) is 17.1 Å². The Morgan fingerprint density at radius 1 is 1.18 bits per heavy atom. The highest BCUT2D eigenvalue weighted by atomic mass is 32.2. The fourth-order valence-electron chi connectivity index (χ4n) is 4.32. The zero-order valence-corrected chi connectivity index (χ0v) is 22.9. The summed E-state index contributed by atoms with van der Waals surface area (Å²) in [5.74, 6) is -5.34. The summed E-state index contributed by atoms with van der Waals surface area (Å²) in [5, 5.41) is 9.22. The fraction of sp³-hybridized carbons (Fsp3) is 0.269. The van der Waals surface area contributed by atoms with Crippen molar-refractivity contribution in [2.24, 2.45) is 0 Å². The second-order valence-corrected chi connectivity index (χ2v) is 12.0. The maximum absolute atomic E-state index is 14.2. The number of nitriles is 1. The minimum atomic E-state index is -4.21. The van der Waals surface area contributed by atoms with Crippen LogP contribution in [0.2, 0.25) is 0 Å². The van der Waals surface area contributed by atoms with Crippen molar-refractivity contribution in [2.45, 2.75) is 30.7 Å². The molecule has 10 nitrogen and oxygen atoms in total. The van der Waals surface area contributed by atoms with Crippen LogP contribution < -0.4 is 9.62 Å². The number of thioether (sulfide) groups is 1. The van der Waals surface area contributed by atoms with Crippen molar-refractivity contribution in [1.29, 1.82) is 5.26 Å². The van der Waals surface area contributed by atoms with Gasteiger partial charge in [-0.25, -0.2) is 17.2 Å². The number of benzene rings is 2. The Morgan fingerprint density at radius 2 is 1.88 bits per heavy atom. The topological polar surface area (TPSA) is 141 Å². The van der Waals surface area contributed by atoms with E-state index in [2.05, 4.69) is 10.3 Å². The molecule has 2 heterocycles. The van der Waals surface area contributed by atoms with Gasteiger partial charge in [-0.2, -0.15) is 9.57 Å². The molecule has 0 saturated carbocycles. The Labute approximate surface area is 233 Å². The predicted molar refractivity (Wildman–Crippen MR) is 145 cm³/mol. The minimum absolute atomic E-state index is 0.0294. The molecule has 1 fully saturated rings. The number of aryl methyl sites for hydroxylation is 1. The third kappa shape index (κ3) is 6.05. The highest BCUT2D eigenvalue weighted by Crippen LogP contribution is 2.34. The zero-order valence-electron chi connectivity index (χ0n) is 21.2. The van der Waals surface area contributed by atoms with Crippen molar-refractivity contribution in [1.82, 2.24) is 15.2 Å². The predicted octanol–water partition coefficient (Wildman–Crippen LogP) is 3.68. The number of hydrogen-bond donors (Lipinski definition) is 1. The van der Waals surface area contributed by atoms with Gasteiger partial charge in [-0.3, -0.25) is 19.4 Å². The molecule has 1 N–H and O–H groups in total. The molecule has 1 aromatic heterocycles. The van der Waals surface area contributed by atoms with Crippen molar-refractivity contribution < 1.29 is 31.6 Å². The molecule has 208 valence electrons. The number of amides is 3. The van der Waals surface area contributed by atoms with Crippen LogP contribution >= 0.6 is 11.8 Å². The molecule has 2 atom stereocenters. The van der Waals surface area contributed by atoms with E-state index in [1.54, 1.807) is 37.3 Å². The Bertz CT molecular complexity index is 1630. The van der Waals surface area contributed by atoms with Gasteiger partial charge in [-0.15, -0.1) is 0 Å². The second kappa shape index (κ2) is 11.2. The van der Waals surface area contributed by atoms with E-state index in [9.17, 15) is 36.8 Å². The van der Waals surface area contributed by atoms with Gasteiger partial charge in [0.1, 0.15) is 6.04 Å². The molecule has 1 aliphatic heterocycles. The summed E-state index contributed by atoms with van der Waals surface area (Å²) >= 11 is 0.128. The third-order valence-electron chi connectivity index (χ3n) is 6.11. The number of nitrogens with one attached hydrogen (secondary N) is 1. The number of pyridine rings is 1. The van der Waals surface area contributed by atoms with Gasteiger partial charge in [0.05, 0.1) is 35.6 Å². The number of alkyl halides is 2. The number of hydrogen-bond acceptors (Lipinski definition) is 8. The van der Waals surface area contributed by atoms with E-state index >= 15 is 0 Å². The number of anilines is 1. The number of likely N-dealkylation sites (tertiary alicyclic amines) is 1. The molecular weight excluding hydrogens is 564 g/mol. The monoisotopic (exact) mass is 587 g/mol. The number of carbonyl (C=O) groups is 3. The van der Waals surface area contributed by atoms with Gasteiger partial charge in [0.15, 0.2) is 5.37 Å². The molecule has 2 aromatic carbocycles. The molecule has 14 heteroatoms. The van der Waals surface area contributed by atoms with Gasteiger partial charge in [-0.1, -0.05) is 36.4 Å². The summed E-state index contributed by atoms with van der Waals surface area (Å²) in [6.07, 6.45) is 1.25. The normalized spacial score (nSPS) is 17.2. The quantitative estimate of drug-likeness (QED) is 0.431. The second-order valence-electron chi connectivity index (χ2n) is 9.10. The number of nitrogens with zero attached hydrogens (tertiary/aromatic N) is 4. The number of fused-ring (bicyclic) bond motifs is 1. The Balaban J connectivity index is 1.72. The summed E-state index contributed by atoms with van der Waals surface area (Å²) in [6.45, 7) is 0.688. The molecule has 1 saturated heterocycles. The molecule has 0 radical (unpaired) electrons. The van der Waals surface area contributed by atoms with Crippen molar-refractivity contribution in [3.8, 4) is 6.07 Å². The lowest BCUT2D eigenvalue weighted by Gasteiger charge is -2.27. The van der Waals surface area contributed by atoms with Crippen LogP contribution in [0.15, 0.2) is 60.8 Å². The number of halogens is 2. The van der Waals surface area contributed by atoms with Crippen LogP contribution in [0.4, 0.5) is 19.3 Å².